The van der Waals surface area contributed by atoms with Gasteiger partial charge < -0.3 is 53.0 Å². The van der Waals surface area contributed by atoms with Crippen molar-refractivity contribution in [1.82, 2.24) is 4.90 Å². The molecule has 4 aliphatic heterocycles. The summed E-state index contributed by atoms with van der Waals surface area (Å²) in [6.07, 6.45) is -7.18. The van der Waals surface area contributed by atoms with Crippen LogP contribution in [0.4, 0.5) is 0 Å². The van der Waals surface area contributed by atoms with Crippen molar-refractivity contribution in [3.05, 3.63) is 35.2 Å². The largest absolute Gasteiger partial charge is 0.458 e. The molecule has 0 amide bonds. The topological polar surface area (TPSA) is 186 Å². The van der Waals surface area contributed by atoms with Gasteiger partial charge in [0.25, 0.3) is 0 Å². The molecule has 4 fully saturated rings. The molecule has 1 aromatic heterocycles. The van der Waals surface area contributed by atoms with Crippen molar-refractivity contribution in [2.75, 3.05) is 34.1 Å². The van der Waals surface area contributed by atoms with Crippen LogP contribution in [0.1, 0.15) is 105 Å². The smallest absolute Gasteiger partial charge is 0.320 e. The molecule has 0 radical (unpaired) electrons. The van der Waals surface area contributed by atoms with E-state index in [0.717, 1.165) is 21.8 Å². The second-order valence-electron chi connectivity index (χ2n) is 20.4. The van der Waals surface area contributed by atoms with Crippen molar-refractivity contribution < 1.29 is 67.3 Å². The van der Waals surface area contributed by atoms with Crippen LogP contribution in [0.15, 0.2) is 29.6 Å². The Morgan fingerprint density at radius 2 is 1.58 bits per heavy atom. The molecule has 4 saturated heterocycles. The van der Waals surface area contributed by atoms with Crippen molar-refractivity contribution >= 4 is 56.7 Å². The Kier molecular flexibility index (Phi) is 17.2. The molecule has 15 nitrogen and oxygen atoms in total. The molecule has 4 aliphatic rings. The lowest BCUT2D eigenvalue weighted by molar-refractivity contribution is -0.319. The molecule has 0 saturated carbocycles. The minimum absolute atomic E-state index is 0.0434. The number of thiophene rings is 1. The summed E-state index contributed by atoms with van der Waals surface area (Å²) in [5, 5.41) is 24.7. The highest BCUT2D eigenvalue weighted by molar-refractivity contribution is 8.01. The minimum Gasteiger partial charge on any atom is -0.458 e. The van der Waals surface area contributed by atoms with E-state index < -0.39 is 113 Å². The number of ether oxygens (including phenoxy) is 8. The van der Waals surface area contributed by atoms with Gasteiger partial charge in [-0.2, -0.15) is 0 Å². The summed E-state index contributed by atoms with van der Waals surface area (Å²) in [5.74, 6) is -5.72. The predicted molar refractivity (Wildman–Crippen MR) is 255 cm³/mol. The summed E-state index contributed by atoms with van der Waals surface area (Å²) in [4.78, 5) is 60.1. The number of ketones is 2. The van der Waals surface area contributed by atoms with Crippen molar-refractivity contribution in [2.24, 2.45) is 29.6 Å². The van der Waals surface area contributed by atoms with E-state index >= 15 is 4.79 Å². The quantitative estimate of drug-likeness (QED) is 0.174. The van der Waals surface area contributed by atoms with Crippen LogP contribution in [0.2, 0.25) is 0 Å². The zero-order valence-electron chi connectivity index (χ0n) is 41.7. The Bertz CT molecular complexity index is 2070. The number of aliphatic hydroxyl groups excluding tert-OH is 2. The van der Waals surface area contributed by atoms with Crippen LogP contribution in [-0.4, -0.2) is 156 Å². The first-order valence-corrected chi connectivity index (χ1v) is 25.7. The van der Waals surface area contributed by atoms with Crippen LogP contribution in [0.5, 0.6) is 0 Å². The maximum Gasteiger partial charge on any atom is 0.320 e. The van der Waals surface area contributed by atoms with Crippen LogP contribution in [0, 0.1) is 29.6 Å². The van der Waals surface area contributed by atoms with Crippen molar-refractivity contribution in [2.45, 2.75) is 178 Å². The third-order valence-electron chi connectivity index (χ3n) is 15.4. The highest BCUT2D eigenvalue weighted by Crippen LogP contribution is 2.50. The number of Topliss-reactive ketones (excluding diaryl/α,β-unsaturated/α-hetero) is 2. The van der Waals surface area contributed by atoms with Gasteiger partial charge in [0.1, 0.15) is 29.3 Å². The zero-order chi connectivity index (χ0) is 49.5. The predicted octanol–water partition coefficient (Wildman–Crippen LogP) is 6.46. The lowest BCUT2D eigenvalue weighted by Crippen LogP contribution is -2.61. The highest BCUT2D eigenvalue weighted by atomic mass is 32.2. The third kappa shape index (κ3) is 10.7. The molecule has 1 aromatic carbocycles. The van der Waals surface area contributed by atoms with Crippen molar-refractivity contribution in [3.8, 4) is 0 Å². The Morgan fingerprint density at radius 1 is 0.910 bits per heavy atom. The fourth-order valence-corrected chi connectivity index (χ4v) is 13.7. The molecule has 376 valence electrons. The number of thioether (sulfide) groups is 1. The van der Waals surface area contributed by atoms with Crippen LogP contribution in [0.25, 0.3) is 10.1 Å². The number of cyclic esters (lactones) is 1. The maximum absolute atomic E-state index is 15.1. The SMILES string of the molecule is CC[C@H]1OC(=O)[C@H](C)[C@@H](O[C@H]2C[C@@](C)(OC)[C@@H](O)[C@@H](C)O2)[C@H](C)[C@@H](O[C@@H]2O[C@H](C)C[C@H](N(C)C)[C@H]2O)[C@](C)(OC)C[C@@H](C)C(=O)[C@H](C)C2C(SCC(=O)c3csc4ccccc34)C(=O)O[C@@]21C. The highest BCUT2D eigenvalue weighted by Gasteiger charge is 2.62. The molecule has 0 bridgehead atoms. The molecule has 2 unspecified atom stereocenters. The van der Waals surface area contributed by atoms with E-state index in [9.17, 15) is 24.6 Å². The monoisotopic (exact) mass is 977 g/mol. The van der Waals surface area contributed by atoms with E-state index in [1.807, 2.05) is 83.3 Å². The fourth-order valence-electron chi connectivity index (χ4n) is 11.3. The normalized spacial score (nSPS) is 42.6. The Morgan fingerprint density at radius 3 is 2.22 bits per heavy atom. The number of carbonyl (C=O) groups excluding carboxylic acids is 4. The van der Waals surface area contributed by atoms with Gasteiger partial charge in [0.2, 0.25) is 0 Å². The first-order valence-electron chi connectivity index (χ1n) is 23.8. The summed E-state index contributed by atoms with van der Waals surface area (Å²) in [5.41, 5.74) is -3.26. The molecule has 5 heterocycles. The third-order valence-corrected chi connectivity index (χ3v) is 17.7. The van der Waals surface area contributed by atoms with Gasteiger partial charge in [0.05, 0.1) is 47.3 Å². The van der Waals surface area contributed by atoms with E-state index in [0.29, 0.717) is 12.0 Å². The van der Waals surface area contributed by atoms with Crippen LogP contribution >= 0.6 is 23.1 Å². The molecule has 2 N–H and O–H groups in total. The second kappa shape index (κ2) is 21.4. The number of likely N-dealkylation sites (N-methyl/N-ethyl adjacent to an activating group) is 1. The van der Waals surface area contributed by atoms with E-state index in [1.165, 1.54) is 25.6 Å². The van der Waals surface area contributed by atoms with Gasteiger partial charge in [0.15, 0.2) is 24.0 Å². The summed E-state index contributed by atoms with van der Waals surface area (Å²) < 4.78 is 52.6. The van der Waals surface area contributed by atoms with E-state index in [2.05, 4.69) is 0 Å². The number of aliphatic hydroxyl groups is 2. The van der Waals surface area contributed by atoms with Gasteiger partial charge >= 0.3 is 11.9 Å². The second-order valence-corrected chi connectivity index (χ2v) is 22.4. The first-order chi connectivity index (χ1) is 31.4. The summed E-state index contributed by atoms with van der Waals surface area (Å²) in [6.45, 7) is 18.0. The maximum atomic E-state index is 15.1. The Balaban J connectivity index is 1.43. The van der Waals surface area contributed by atoms with Crippen molar-refractivity contribution in [1.29, 1.82) is 0 Å². The molecule has 6 rings (SSSR count). The number of carbonyl (C=O) groups is 4. The molecule has 0 aliphatic carbocycles. The average Bonchev–Trinajstić information content (AvgIpc) is 3.84. The lowest BCUT2D eigenvalue weighted by atomic mass is 9.70. The van der Waals surface area contributed by atoms with Crippen LogP contribution < -0.4 is 0 Å². The fraction of sp³-hybridized carbons (Fsp3) is 0.760. The molecule has 2 aromatic rings. The number of hydrogen-bond acceptors (Lipinski definition) is 17. The molecule has 17 heteroatoms. The van der Waals surface area contributed by atoms with Gasteiger partial charge in [0, 0.05) is 71.4 Å². The number of nitrogens with zero attached hydrogens (tertiary/aromatic N) is 1. The van der Waals surface area contributed by atoms with Gasteiger partial charge in [-0.25, -0.2) is 0 Å². The molecule has 19 atom stereocenters. The van der Waals surface area contributed by atoms with Crippen LogP contribution in [-0.2, 0) is 52.3 Å². The molecular weight excluding hydrogens is 903 g/mol. The Labute approximate surface area is 404 Å². The lowest BCUT2D eigenvalue weighted by Gasteiger charge is -2.50. The van der Waals surface area contributed by atoms with E-state index in [4.69, 9.17) is 37.9 Å². The number of hydrogen-bond donors (Lipinski definition) is 2. The van der Waals surface area contributed by atoms with Crippen molar-refractivity contribution in [3.63, 3.8) is 0 Å². The van der Waals surface area contributed by atoms with Crippen LogP contribution in [0.3, 0.4) is 0 Å². The number of esters is 2. The van der Waals surface area contributed by atoms with E-state index in [-0.39, 0.29) is 48.7 Å². The molecular formula is C50H75NO14S2. The van der Waals surface area contributed by atoms with Gasteiger partial charge in [-0.1, -0.05) is 45.9 Å². The summed E-state index contributed by atoms with van der Waals surface area (Å²) >= 11 is 2.62. The number of rotatable bonds is 12. The van der Waals surface area contributed by atoms with Gasteiger partial charge in [-0.15, -0.1) is 23.1 Å². The summed E-state index contributed by atoms with van der Waals surface area (Å²) in [7, 11) is 6.82. The van der Waals surface area contributed by atoms with E-state index in [1.54, 1.807) is 34.6 Å². The number of benzene rings is 1. The van der Waals surface area contributed by atoms with Gasteiger partial charge in [-0.05, 0) is 81.0 Å². The zero-order valence-corrected chi connectivity index (χ0v) is 43.3. The molecule has 67 heavy (non-hydrogen) atoms. The number of methoxy groups -OCH3 is 2. The summed E-state index contributed by atoms with van der Waals surface area (Å²) in [6, 6.07) is 7.35. The Hall–Kier alpha value is -2.55. The first kappa shape index (κ1) is 53.8. The molecule has 0 spiro atoms. The minimum atomic E-state index is -1.47. The standard InChI is InChI=1S/C50H75NO14S2/c1-15-36-50(10)38(42(46(57)65-50)67-24-34(52)32-23-66-35-19-17-16-18-31(32)35)27(4)39(53)25(2)21-49(9,59-14)44(64-47-40(54)33(51(11)12)20-26(3)60-47)28(5)41(29(6)45(56)62-36)63-37-22-48(8,58-13)43(55)30(7)61-37/h16-19,23,25-30,33,36-38,40-44,47,54-55H,15,20-22,24H2,1-14H3/t25-,26-,27-,28+,29-,30-,33+,36-,37+,38?,40-,41+,42?,43+,44-,47+,48-,49-,50-/m1/s1. The number of fused-ring (bicyclic) bond motifs is 2. The average molecular weight is 978 g/mol. The van der Waals surface area contributed by atoms with Gasteiger partial charge in [-0.3, -0.25) is 19.2 Å².